The Morgan fingerprint density at radius 2 is 0.720 bits per heavy atom. The van der Waals surface area contributed by atoms with Crippen LogP contribution in [-0.4, -0.2) is 87.4 Å². The van der Waals surface area contributed by atoms with E-state index in [9.17, 15) is 19.5 Å². The number of likely N-dealkylation sites (tertiary alicyclic amines) is 2. The Morgan fingerprint density at radius 1 is 0.430 bits per heavy atom. The molecule has 10 nitrogen and oxygen atoms in total. The molecule has 0 amide bonds. The molecule has 9 aromatic carbocycles. The van der Waals surface area contributed by atoms with E-state index in [1.807, 2.05) is 129 Å². The van der Waals surface area contributed by atoms with Crippen molar-refractivity contribution in [3.05, 3.63) is 325 Å². The minimum absolute atomic E-state index is 0.155. The van der Waals surface area contributed by atoms with Crippen molar-refractivity contribution in [2.24, 2.45) is 17.8 Å². The van der Waals surface area contributed by atoms with Gasteiger partial charge in [-0.1, -0.05) is 255 Å². The second-order valence-corrected chi connectivity index (χ2v) is 30.0. The van der Waals surface area contributed by atoms with Crippen LogP contribution in [0.15, 0.2) is 275 Å². The van der Waals surface area contributed by atoms with Gasteiger partial charge in [0.15, 0.2) is 0 Å². The molecule has 14 rings (SSSR count). The molecule has 100 heavy (non-hydrogen) atoms. The number of rotatable bonds is 18. The number of aliphatic hydroxyl groups is 1. The third kappa shape index (κ3) is 12.8. The molecule has 512 valence electrons. The summed E-state index contributed by atoms with van der Waals surface area (Å²) in [7, 11) is 0. The van der Waals surface area contributed by atoms with Crippen molar-refractivity contribution in [1.29, 1.82) is 0 Å². The Hall–Kier alpha value is -9.55. The van der Waals surface area contributed by atoms with Crippen LogP contribution in [-0.2, 0) is 45.2 Å². The molecule has 10 heteroatoms. The van der Waals surface area contributed by atoms with E-state index in [1.165, 1.54) is 55.6 Å². The van der Waals surface area contributed by atoms with Crippen molar-refractivity contribution in [2.45, 2.75) is 133 Å². The van der Waals surface area contributed by atoms with Gasteiger partial charge in [-0.25, -0.2) is 0 Å². The van der Waals surface area contributed by atoms with Crippen LogP contribution in [0.5, 0.6) is 0 Å². The van der Waals surface area contributed by atoms with E-state index in [2.05, 4.69) is 217 Å². The summed E-state index contributed by atoms with van der Waals surface area (Å²) in [5.74, 6) is -0.732. The molecule has 1 unspecified atom stereocenters. The van der Waals surface area contributed by atoms with E-state index in [-0.39, 0.29) is 48.4 Å². The van der Waals surface area contributed by atoms with E-state index in [0.29, 0.717) is 6.42 Å². The minimum atomic E-state index is -0.787. The molecule has 2 saturated heterocycles. The summed E-state index contributed by atoms with van der Waals surface area (Å²) >= 11 is 0. The topological polar surface area (TPSA) is 118 Å². The number of allylic oxidation sites excluding steroid dienone is 3. The van der Waals surface area contributed by atoms with Gasteiger partial charge in [0.25, 0.3) is 0 Å². The maximum atomic E-state index is 13.6. The number of nitrogens with zero attached hydrogens (tertiary/aromatic N) is 2. The monoisotopic (exact) mass is 1330 g/mol. The molecular formula is C90H95N3O7. The van der Waals surface area contributed by atoms with E-state index >= 15 is 0 Å². The maximum Gasteiger partial charge on any atom is 0.324 e. The fourth-order valence-electron chi connectivity index (χ4n) is 16.4. The highest BCUT2D eigenvalue weighted by Gasteiger charge is 2.61. The van der Waals surface area contributed by atoms with Gasteiger partial charge in [-0.05, 0) is 165 Å². The summed E-state index contributed by atoms with van der Waals surface area (Å²) in [4.78, 5) is 45.5. The Labute approximate surface area is 592 Å². The van der Waals surface area contributed by atoms with Crippen molar-refractivity contribution in [1.82, 2.24) is 15.1 Å². The number of fused-ring (bicyclic) bond motifs is 9. The lowest BCUT2D eigenvalue weighted by Crippen LogP contribution is -2.68. The number of aliphatic hydroxyl groups excluding tert-OH is 1. The molecular weight excluding hydrogens is 1240 g/mol. The van der Waals surface area contributed by atoms with Crippen LogP contribution in [0.2, 0.25) is 0 Å². The Balaban J connectivity index is 0.000000142. The number of nitrogens with one attached hydrogen (secondary N) is 1. The van der Waals surface area contributed by atoms with E-state index in [4.69, 9.17) is 14.2 Å². The van der Waals surface area contributed by atoms with Gasteiger partial charge in [-0.2, -0.15) is 0 Å². The molecule has 2 heterocycles. The first-order chi connectivity index (χ1) is 48.1. The van der Waals surface area contributed by atoms with Crippen molar-refractivity contribution in [3.8, 4) is 33.4 Å². The van der Waals surface area contributed by atoms with Crippen molar-refractivity contribution >= 4 is 17.9 Å². The smallest absolute Gasteiger partial charge is 0.324 e. The maximum absolute atomic E-state index is 13.6. The van der Waals surface area contributed by atoms with Gasteiger partial charge < -0.3 is 19.3 Å². The number of hydrogen-bond donors (Lipinski definition) is 2. The number of ether oxygens (including phenoxy) is 3. The largest absolute Gasteiger partial charge is 0.459 e. The zero-order chi connectivity index (χ0) is 70.8. The van der Waals surface area contributed by atoms with E-state index in [0.717, 1.165) is 53.7 Å². The number of benzene rings is 9. The van der Waals surface area contributed by atoms with Crippen molar-refractivity contribution in [3.63, 3.8) is 0 Å². The first-order valence-corrected chi connectivity index (χ1v) is 35.2. The summed E-state index contributed by atoms with van der Waals surface area (Å²) in [6.07, 6.45) is 7.63. The van der Waals surface area contributed by atoms with E-state index < -0.39 is 45.4 Å². The molecule has 0 radical (unpaired) electrons. The molecule has 3 aliphatic carbocycles. The van der Waals surface area contributed by atoms with Crippen LogP contribution in [0.1, 0.15) is 132 Å². The first-order valence-electron chi connectivity index (χ1n) is 35.2. The first kappa shape index (κ1) is 70.3. The lowest BCUT2D eigenvalue weighted by molar-refractivity contribution is -0.177. The molecule has 0 spiro atoms. The normalized spacial score (nSPS) is 19.1. The summed E-state index contributed by atoms with van der Waals surface area (Å²) < 4.78 is 17.7. The zero-order valence-electron chi connectivity index (χ0n) is 59.4. The highest BCUT2D eigenvalue weighted by atomic mass is 16.6. The predicted octanol–water partition coefficient (Wildman–Crippen LogP) is 17.8. The minimum Gasteiger partial charge on any atom is -0.459 e. The quantitative estimate of drug-likeness (QED) is 0.0488. The molecule has 9 aromatic rings. The van der Waals surface area contributed by atoms with Gasteiger partial charge in [0.1, 0.15) is 34.9 Å². The van der Waals surface area contributed by atoms with Gasteiger partial charge >= 0.3 is 17.9 Å². The summed E-state index contributed by atoms with van der Waals surface area (Å²) in [5, 5.41) is 14.0. The third-order valence-corrected chi connectivity index (χ3v) is 20.1. The molecule has 0 saturated carbocycles. The SMILES string of the molecule is C=CCC(CO)[C@H](NC1(c2ccccc2)c2ccccc2-c2ccccc21)C(=O)OC(C)(C)C.C=CC[C@@H]1CN(C2(c3ccccc3)c3ccccc3-c3ccccc32)[C@@H]1C(=O)OC(C)(C)C.C=CC[C@H]1CN(C2(c3ccccc3)c3ccccc3-c3ccccc32)[C@@H]1C(=O)OC(C)(C)C. The van der Waals surface area contributed by atoms with Crippen LogP contribution >= 0.6 is 0 Å². The van der Waals surface area contributed by atoms with Crippen LogP contribution in [0.25, 0.3) is 33.4 Å². The molecule has 0 bridgehead atoms. The summed E-state index contributed by atoms with van der Waals surface area (Å²) in [6, 6.07) is 81.0. The summed E-state index contributed by atoms with van der Waals surface area (Å²) in [6.45, 7) is 30.4. The molecule has 2 aliphatic heterocycles. The van der Waals surface area contributed by atoms with Crippen LogP contribution in [0, 0.1) is 17.8 Å². The zero-order valence-corrected chi connectivity index (χ0v) is 59.4. The van der Waals surface area contributed by atoms with Crippen molar-refractivity contribution < 1.29 is 33.7 Å². The Kier molecular flexibility index (Phi) is 20.1. The fourth-order valence-corrected chi connectivity index (χ4v) is 16.4. The Morgan fingerprint density at radius 3 is 1.02 bits per heavy atom. The lowest BCUT2D eigenvalue weighted by Gasteiger charge is -2.56. The lowest BCUT2D eigenvalue weighted by atomic mass is 9.72. The molecule has 2 fully saturated rings. The van der Waals surface area contributed by atoms with Gasteiger partial charge in [0.05, 0.1) is 16.6 Å². The standard InChI is InChI=1S/C30H33NO3.2C30H31NO2/c1-5-13-21(20-32)27(28(33)34-29(2,3)4)31-30(22-14-7-6-8-15-22)25-18-11-9-16-23(25)24-17-10-12-19-26(24)30;2*1-5-13-21-20-31(27(21)28(32)33-29(2,3)4)30(22-14-7-6-8-15-22)25-18-11-9-16-23(25)24-17-10-12-19-26(24)30/h5-12,14-19,21,27,31-32H,1,13,20H2,2-4H3;2*5-12,14-19,21,27H,1,13,20H2,2-4H3/t21?,27-;21-,27+;21-,27-/m010/s1. The molecule has 6 atom stereocenters. The number of esters is 3. The number of carbonyl (C=O) groups excluding carboxylic acids is 3. The van der Waals surface area contributed by atoms with Crippen LogP contribution < -0.4 is 5.32 Å². The molecule has 0 aromatic heterocycles. The average molecular weight is 1330 g/mol. The molecule has 2 N–H and O–H groups in total. The van der Waals surface area contributed by atoms with Crippen LogP contribution in [0.4, 0.5) is 0 Å². The predicted molar refractivity (Wildman–Crippen MR) is 402 cm³/mol. The van der Waals surface area contributed by atoms with Gasteiger partial charge in [0.2, 0.25) is 0 Å². The number of hydrogen-bond acceptors (Lipinski definition) is 10. The number of carbonyl (C=O) groups is 3. The summed E-state index contributed by atoms with van der Waals surface area (Å²) in [5.41, 5.74) is 14.0. The second kappa shape index (κ2) is 28.6. The molecule has 5 aliphatic rings. The Bertz CT molecular complexity index is 4120. The van der Waals surface area contributed by atoms with E-state index in [1.54, 1.807) is 6.08 Å². The van der Waals surface area contributed by atoms with Gasteiger partial charge in [-0.3, -0.25) is 29.5 Å². The highest BCUT2D eigenvalue weighted by Crippen LogP contribution is 2.60. The second-order valence-electron chi connectivity index (χ2n) is 30.0. The third-order valence-electron chi connectivity index (χ3n) is 20.1. The highest BCUT2D eigenvalue weighted by molar-refractivity contribution is 5.88. The van der Waals surface area contributed by atoms with Gasteiger partial charge in [-0.15, -0.1) is 19.7 Å². The van der Waals surface area contributed by atoms with Crippen molar-refractivity contribution in [2.75, 3.05) is 19.7 Å². The van der Waals surface area contributed by atoms with Gasteiger partial charge in [0, 0.05) is 37.5 Å². The fraction of sp³-hybridized carbons (Fsp3) is 0.300. The van der Waals surface area contributed by atoms with Crippen LogP contribution in [0.3, 0.4) is 0 Å². The average Bonchev–Trinajstić information content (AvgIpc) is 1.50.